The maximum atomic E-state index is 11.4. The van der Waals surface area contributed by atoms with Crippen LogP contribution >= 0.6 is 15.9 Å². The first-order chi connectivity index (χ1) is 7.24. The molecule has 0 N–H and O–H groups in total. The van der Waals surface area contributed by atoms with Gasteiger partial charge in [0.15, 0.2) is 0 Å². The van der Waals surface area contributed by atoms with Gasteiger partial charge in [-0.3, -0.25) is 4.79 Å². The molecule has 0 bridgehead atoms. The van der Waals surface area contributed by atoms with Crippen molar-refractivity contribution in [1.82, 2.24) is 0 Å². The van der Waals surface area contributed by atoms with Crippen LogP contribution in [0.4, 0.5) is 0 Å². The summed E-state index contributed by atoms with van der Waals surface area (Å²) in [5.74, 6) is -1.00. The SMILES string of the molecule is O=C1OC(c2ccccc2)=C(CBr)C1=O. The van der Waals surface area contributed by atoms with Crippen molar-refractivity contribution in [1.29, 1.82) is 0 Å². The summed E-state index contributed by atoms with van der Waals surface area (Å²) < 4.78 is 4.92. The van der Waals surface area contributed by atoms with Crippen LogP contribution < -0.4 is 0 Å². The van der Waals surface area contributed by atoms with Gasteiger partial charge < -0.3 is 4.74 Å². The Morgan fingerprint density at radius 2 is 1.80 bits per heavy atom. The molecule has 0 spiro atoms. The Morgan fingerprint density at radius 3 is 2.40 bits per heavy atom. The summed E-state index contributed by atoms with van der Waals surface area (Å²) >= 11 is 3.17. The van der Waals surface area contributed by atoms with E-state index >= 15 is 0 Å². The minimum absolute atomic E-state index is 0.321. The fourth-order valence-corrected chi connectivity index (χ4v) is 1.88. The second-order valence-electron chi connectivity index (χ2n) is 3.03. The fraction of sp³-hybridized carbons (Fsp3) is 0.0909. The molecule has 0 radical (unpaired) electrons. The summed E-state index contributed by atoms with van der Waals surface area (Å²) in [7, 11) is 0. The van der Waals surface area contributed by atoms with E-state index in [1.54, 1.807) is 12.1 Å². The van der Waals surface area contributed by atoms with Crippen LogP contribution in [0.1, 0.15) is 5.56 Å². The van der Waals surface area contributed by atoms with Crippen LogP contribution in [-0.4, -0.2) is 17.1 Å². The monoisotopic (exact) mass is 266 g/mol. The Kier molecular flexibility index (Phi) is 2.68. The molecule has 0 saturated heterocycles. The quantitative estimate of drug-likeness (QED) is 0.467. The van der Waals surface area contributed by atoms with E-state index < -0.39 is 11.8 Å². The molecule has 2 rings (SSSR count). The highest BCUT2D eigenvalue weighted by Gasteiger charge is 2.33. The molecule has 1 aliphatic rings. The van der Waals surface area contributed by atoms with Crippen LogP contribution in [0.2, 0.25) is 0 Å². The van der Waals surface area contributed by atoms with E-state index in [-0.39, 0.29) is 0 Å². The van der Waals surface area contributed by atoms with Gasteiger partial charge in [0.05, 0.1) is 5.57 Å². The fourth-order valence-electron chi connectivity index (χ4n) is 1.37. The molecule has 0 aliphatic carbocycles. The summed E-state index contributed by atoms with van der Waals surface area (Å²) in [5, 5.41) is 0.321. The summed E-state index contributed by atoms with van der Waals surface area (Å²) in [6, 6.07) is 9.10. The Bertz CT molecular complexity index is 448. The maximum Gasteiger partial charge on any atom is 0.384 e. The molecular formula is C11H7BrO3. The lowest BCUT2D eigenvalue weighted by Crippen LogP contribution is -2.09. The third-order valence-corrected chi connectivity index (χ3v) is 2.66. The lowest BCUT2D eigenvalue weighted by molar-refractivity contribution is -0.144. The van der Waals surface area contributed by atoms with Crippen LogP contribution in [-0.2, 0) is 14.3 Å². The van der Waals surface area contributed by atoms with Crippen molar-refractivity contribution in [3.8, 4) is 0 Å². The van der Waals surface area contributed by atoms with Gasteiger partial charge in [0.2, 0.25) is 0 Å². The van der Waals surface area contributed by atoms with Gasteiger partial charge in [-0.25, -0.2) is 4.79 Å². The van der Waals surface area contributed by atoms with E-state index in [1.807, 2.05) is 18.2 Å². The van der Waals surface area contributed by atoms with Crippen LogP contribution in [0.15, 0.2) is 35.9 Å². The molecule has 0 amide bonds. The maximum absolute atomic E-state index is 11.4. The number of ether oxygens (including phenoxy) is 1. The lowest BCUT2D eigenvalue weighted by atomic mass is 10.1. The van der Waals surface area contributed by atoms with Gasteiger partial charge in [-0.1, -0.05) is 46.3 Å². The Balaban J connectivity index is 2.49. The van der Waals surface area contributed by atoms with Crippen molar-refractivity contribution in [3.05, 3.63) is 41.5 Å². The highest BCUT2D eigenvalue weighted by atomic mass is 79.9. The number of carbonyl (C=O) groups is 2. The zero-order valence-electron chi connectivity index (χ0n) is 7.70. The first kappa shape index (κ1) is 10.1. The third-order valence-electron chi connectivity index (χ3n) is 2.10. The average molecular weight is 267 g/mol. The van der Waals surface area contributed by atoms with E-state index in [0.29, 0.717) is 16.7 Å². The van der Waals surface area contributed by atoms with Crippen molar-refractivity contribution in [2.24, 2.45) is 0 Å². The molecule has 0 unspecified atom stereocenters. The van der Waals surface area contributed by atoms with Gasteiger partial charge in [-0.05, 0) is 0 Å². The van der Waals surface area contributed by atoms with Gasteiger partial charge in [0.25, 0.3) is 5.78 Å². The first-order valence-electron chi connectivity index (χ1n) is 4.35. The van der Waals surface area contributed by atoms with Crippen molar-refractivity contribution in [3.63, 3.8) is 0 Å². The number of halogens is 1. The number of benzene rings is 1. The molecule has 1 heterocycles. The van der Waals surface area contributed by atoms with Crippen molar-refractivity contribution in [2.75, 3.05) is 5.33 Å². The highest BCUT2D eigenvalue weighted by Crippen LogP contribution is 2.27. The van der Waals surface area contributed by atoms with Crippen LogP contribution in [0.3, 0.4) is 0 Å². The molecule has 15 heavy (non-hydrogen) atoms. The Labute approximate surface area is 94.9 Å². The zero-order chi connectivity index (χ0) is 10.8. The zero-order valence-corrected chi connectivity index (χ0v) is 9.28. The summed E-state index contributed by atoms with van der Waals surface area (Å²) in [6.45, 7) is 0. The molecule has 76 valence electrons. The van der Waals surface area contributed by atoms with Gasteiger partial charge in [0.1, 0.15) is 5.76 Å². The second-order valence-corrected chi connectivity index (χ2v) is 3.59. The largest absolute Gasteiger partial charge is 0.419 e. The summed E-state index contributed by atoms with van der Waals surface area (Å²) in [5.41, 5.74) is 1.12. The molecule has 3 nitrogen and oxygen atoms in total. The Morgan fingerprint density at radius 1 is 1.13 bits per heavy atom. The number of hydrogen-bond acceptors (Lipinski definition) is 3. The smallest absolute Gasteiger partial charge is 0.384 e. The molecule has 0 atom stereocenters. The van der Waals surface area contributed by atoms with E-state index in [4.69, 9.17) is 4.74 Å². The third kappa shape index (κ3) is 1.72. The van der Waals surface area contributed by atoms with E-state index in [2.05, 4.69) is 15.9 Å². The van der Waals surface area contributed by atoms with Crippen molar-refractivity contribution >= 4 is 33.4 Å². The molecule has 0 saturated carbocycles. The van der Waals surface area contributed by atoms with Gasteiger partial charge in [0, 0.05) is 10.9 Å². The highest BCUT2D eigenvalue weighted by molar-refractivity contribution is 9.09. The van der Waals surface area contributed by atoms with Crippen LogP contribution in [0, 0.1) is 0 Å². The number of Topliss-reactive ketones (excluding diaryl/α,β-unsaturated/α-hetero) is 1. The van der Waals surface area contributed by atoms with Crippen LogP contribution in [0.25, 0.3) is 5.76 Å². The predicted molar refractivity (Wildman–Crippen MR) is 58.3 cm³/mol. The number of esters is 1. The number of ketones is 1. The average Bonchev–Trinajstić information content (AvgIpc) is 2.56. The molecule has 1 aromatic carbocycles. The van der Waals surface area contributed by atoms with E-state index in [9.17, 15) is 9.59 Å². The predicted octanol–water partition coefficient (Wildman–Crippen LogP) is 1.92. The van der Waals surface area contributed by atoms with Gasteiger partial charge in [-0.2, -0.15) is 0 Å². The molecular weight excluding hydrogens is 260 g/mol. The normalized spacial score (nSPS) is 15.8. The standard InChI is InChI=1S/C11H7BrO3/c12-6-8-9(13)11(14)15-10(8)7-4-2-1-3-5-7/h1-5H,6H2. The van der Waals surface area contributed by atoms with Gasteiger partial charge in [-0.15, -0.1) is 0 Å². The first-order valence-corrected chi connectivity index (χ1v) is 5.47. The molecule has 0 aromatic heterocycles. The summed E-state index contributed by atoms with van der Waals surface area (Å²) in [6.07, 6.45) is 0. The molecule has 4 heteroatoms. The Hall–Kier alpha value is -1.42. The van der Waals surface area contributed by atoms with Gasteiger partial charge >= 0.3 is 5.97 Å². The number of rotatable bonds is 2. The molecule has 0 fully saturated rings. The second kappa shape index (κ2) is 3.98. The minimum atomic E-state index is -0.802. The lowest BCUT2D eigenvalue weighted by Gasteiger charge is -2.01. The number of cyclic esters (lactones) is 1. The number of alkyl halides is 1. The van der Waals surface area contributed by atoms with E-state index in [0.717, 1.165) is 5.56 Å². The van der Waals surface area contributed by atoms with Crippen molar-refractivity contribution in [2.45, 2.75) is 0 Å². The minimum Gasteiger partial charge on any atom is -0.419 e. The summed E-state index contributed by atoms with van der Waals surface area (Å²) in [4.78, 5) is 22.5. The number of carbonyl (C=O) groups excluding carboxylic acids is 2. The topological polar surface area (TPSA) is 43.4 Å². The van der Waals surface area contributed by atoms with Crippen LogP contribution in [0.5, 0.6) is 0 Å². The molecule has 1 aliphatic heterocycles. The number of hydrogen-bond donors (Lipinski definition) is 0. The van der Waals surface area contributed by atoms with E-state index in [1.165, 1.54) is 0 Å². The van der Waals surface area contributed by atoms with Crippen molar-refractivity contribution < 1.29 is 14.3 Å². The molecule has 1 aromatic rings.